The van der Waals surface area contributed by atoms with Gasteiger partial charge in [0.2, 0.25) is 0 Å². The van der Waals surface area contributed by atoms with Crippen LogP contribution in [-0.2, 0) is 22.3 Å². The molecule has 0 radical (unpaired) electrons. The monoisotopic (exact) mass is 930 g/mol. The molecule has 4 aromatic rings. The molecule has 0 bridgehead atoms. The average molecular weight is 933 g/mol. The lowest BCUT2D eigenvalue weighted by Crippen LogP contribution is -2.45. The molecule has 10 rings (SSSR count). The maximum atomic E-state index is 13.1. The van der Waals surface area contributed by atoms with E-state index in [1.807, 2.05) is 26.0 Å². The highest BCUT2D eigenvalue weighted by atomic mass is 79.9. The molecule has 4 aliphatic heterocycles. The van der Waals surface area contributed by atoms with Crippen LogP contribution in [0.5, 0.6) is 0 Å². The van der Waals surface area contributed by atoms with Crippen molar-refractivity contribution in [3.8, 4) is 0 Å². The molecule has 0 N–H and O–H groups in total. The lowest BCUT2D eigenvalue weighted by atomic mass is 9.79. The number of rotatable bonds is 2. The largest absolute Gasteiger partial charge is 0.365 e. The van der Waals surface area contributed by atoms with Crippen LogP contribution < -0.4 is 9.80 Å². The van der Waals surface area contributed by atoms with E-state index in [1.54, 1.807) is 36.4 Å². The summed E-state index contributed by atoms with van der Waals surface area (Å²) in [6.07, 6.45) is 6.14. The van der Waals surface area contributed by atoms with Crippen LogP contribution in [0.25, 0.3) is 11.1 Å². The molecule has 0 unspecified atom stereocenters. The van der Waals surface area contributed by atoms with Gasteiger partial charge in [0.1, 0.15) is 0 Å². The molecule has 308 valence electrons. The van der Waals surface area contributed by atoms with Crippen LogP contribution in [0.3, 0.4) is 0 Å². The van der Waals surface area contributed by atoms with Crippen LogP contribution in [0.15, 0.2) is 81.8 Å². The summed E-state index contributed by atoms with van der Waals surface area (Å²) in [4.78, 5) is 55.0. The number of aryl methyl sites for hydroxylation is 2. The first-order valence-corrected chi connectivity index (χ1v) is 22.1. The minimum absolute atomic E-state index is 0.258. The summed E-state index contributed by atoms with van der Waals surface area (Å²) in [5.41, 5.74) is 11.1. The third kappa shape index (κ3) is 6.43. The van der Waals surface area contributed by atoms with E-state index in [2.05, 4.69) is 112 Å². The Labute approximate surface area is 368 Å². The molecule has 2 aliphatic carbocycles. The van der Waals surface area contributed by atoms with Gasteiger partial charge in [-0.25, -0.2) is 9.80 Å². The second-order valence-electron chi connectivity index (χ2n) is 19.2. The number of carbonyl (C=O) groups is 4. The summed E-state index contributed by atoms with van der Waals surface area (Å²) in [6.45, 7) is 20.9. The zero-order chi connectivity index (χ0) is 43.2. The topological polar surface area (TPSA) is 93.2 Å². The minimum atomic E-state index is -0.334. The van der Waals surface area contributed by atoms with Crippen LogP contribution in [0.1, 0.15) is 130 Å². The Balaban J connectivity index is 0.000000154. The Morgan fingerprint density at radius 2 is 0.850 bits per heavy atom. The van der Waals surface area contributed by atoms with Gasteiger partial charge in [0.15, 0.2) is 0 Å². The second kappa shape index (κ2) is 13.5. The summed E-state index contributed by atoms with van der Waals surface area (Å²) in [5, 5.41) is 0. The normalized spacial score (nSPS) is 23.2. The van der Waals surface area contributed by atoms with Crippen LogP contribution >= 0.6 is 31.9 Å². The van der Waals surface area contributed by atoms with Gasteiger partial charge in [0.25, 0.3) is 23.6 Å². The van der Waals surface area contributed by atoms with Gasteiger partial charge in [-0.15, -0.1) is 0 Å². The van der Waals surface area contributed by atoms with E-state index in [4.69, 9.17) is 9.47 Å². The van der Waals surface area contributed by atoms with Crippen molar-refractivity contribution in [1.82, 2.24) is 0 Å². The Morgan fingerprint density at radius 3 is 1.22 bits per heavy atom. The van der Waals surface area contributed by atoms with Crippen molar-refractivity contribution in [2.75, 3.05) is 9.80 Å². The molecular weight excluding hydrogens is 884 g/mol. The number of hydrogen-bond donors (Lipinski definition) is 0. The number of anilines is 2. The number of hydrogen-bond acceptors (Lipinski definition) is 6. The Hall–Kier alpha value is -4.48. The quantitative estimate of drug-likeness (QED) is 0.186. The lowest BCUT2D eigenvalue weighted by Gasteiger charge is -2.44. The van der Waals surface area contributed by atoms with Crippen molar-refractivity contribution < 1.29 is 28.7 Å². The first kappa shape index (κ1) is 40.9. The summed E-state index contributed by atoms with van der Waals surface area (Å²) in [5.74, 6) is -0.533. The molecule has 2 atom stereocenters. The van der Waals surface area contributed by atoms with Crippen molar-refractivity contribution in [2.45, 2.75) is 104 Å². The first-order chi connectivity index (χ1) is 28.0. The van der Waals surface area contributed by atoms with E-state index in [9.17, 15) is 19.2 Å². The third-order valence-electron chi connectivity index (χ3n) is 13.0. The minimum Gasteiger partial charge on any atom is -0.365 e. The van der Waals surface area contributed by atoms with E-state index in [0.29, 0.717) is 33.6 Å². The van der Waals surface area contributed by atoms with Crippen LogP contribution in [0.2, 0.25) is 0 Å². The fourth-order valence-corrected chi connectivity index (χ4v) is 11.4. The number of carbonyl (C=O) groups excluding carboxylic acids is 4. The van der Waals surface area contributed by atoms with E-state index in [1.165, 1.54) is 43.2 Å². The number of imide groups is 2. The van der Waals surface area contributed by atoms with Gasteiger partial charge < -0.3 is 9.47 Å². The number of fused-ring (bicyclic) bond motifs is 8. The molecule has 10 heteroatoms. The van der Waals surface area contributed by atoms with E-state index < -0.39 is 0 Å². The molecule has 6 aliphatic rings. The van der Waals surface area contributed by atoms with Crippen LogP contribution in [0, 0.1) is 25.7 Å². The maximum Gasteiger partial charge on any atom is 0.266 e. The van der Waals surface area contributed by atoms with Crippen molar-refractivity contribution in [3.05, 3.63) is 137 Å². The Bertz CT molecular complexity index is 2540. The number of ether oxygens (including phenoxy) is 2. The Morgan fingerprint density at radius 1 is 0.500 bits per heavy atom. The predicted molar refractivity (Wildman–Crippen MR) is 242 cm³/mol. The highest BCUT2D eigenvalue weighted by molar-refractivity contribution is 9.10. The molecular formula is C50H48Br2N2O6. The summed E-state index contributed by atoms with van der Waals surface area (Å²) < 4.78 is 14.3. The first-order valence-electron chi connectivity index (χ1n) is 20.5. The fraction of sp³-hybridized carbons (Fsp3) is 0.360. The summed E-state index contributed by atoms with van der Waals surface area (Å²) in [7, 11) is 0. The SMILES string of the molecule is Cc1cc2c(cc1N1C(=O)c3ccc(Br)cc3C1=O)C[C@H]1C2=CC(C)(C)OC1(C)C.Cc1cc2c(cc1N1C(=O)c3ccc(Br)cc3C1=O)C[C@H]1C2=CC(C)(C)OC1(C)C. The highest BCUT2D eigenvalue weighted by Crippen LogP contribution is 2.53. The molecule has 60 heavy (non-hydrogen) atoms. The predicted octanol–water partition coefficient (Wildman–Crippen LogP) is 11.4. The molecule has 0 fully saturated rings. The molecule has 4 heterocycles. The molecule has 4 aromatic carbocycles. The van der Waals surface area contributed by atoms with Crippen molar-refractivity contribution in [2.24, 2.45) is 11.8 Å². The number of halogens is 2. The van der Waals surface area contributed by atoms with Gasteiger partial charge in [-0.2, -0.15) is 0 Å². The van der Waals surface area contributed by atoms with Crippen molar-refractivity contribution >= 4 is 78.0 Å². The zero-order valence-corrected chi connectivity index (χ0v) is 38.8. The Kier molecular flexibility index (Phi) is 9.21. The average Bonchev–Trinajstić information content (AvgIpc) is 3.81. The van der Waals surface area contributed by atoms with Gasteiger partial charge >= 0.3 is 0 Å². The van der Waals surface area contributed by atoms with E-state index in [-0.39, 0.29) is 57.9 Å². The molecule has 0 saturated carbocycles. The number of benzene rings is 4. The molecule has 0 spiro atoms. The van der Waals surface area contributed by atoms with Gasteiger partial charge in [-0.05, 0) is 199 Å². The summed E-state index contributed by atoms with van der Waals surface area (Å²) in [6, 6.07) is 18.8. The van der Waals surface area contributed by atoms with Crippen LogP contribution in [0.4, 0.5) is 11.4 Å². The van der Waals surface area contributed by atoms with E-state index >= 15 is 0 Å². The zero-order valence-electron chi connectivity index (χ0n) is 35.6. The van der Waals surface area contributed by atoms with Crippen LogP contribution in [-0.4, -0.2) is 46.0 Å². The number of nitrogens with zero attached hydrogens (tertiary/aromatic N) is 2. The molecule has 8 nitrogen and oxygen atoms in total. The molecule has 4 amide bonds. The van der Waals surface area contributed by atoms with Gasteiger partial charge in [0, 0.05) is 20.8 Å². The van der Waals surface area contributed by atoms with Gasteiger partial charge in [0.05, 0.1) is 56.0 Å². The van der Waals surface area contributed by atoms with Crippen molar-refractivity contribution in [1.29, 1.82) is 0 Å². The summed E-state index contributed by atoms with van der Waals surface area (Å²) >= 11 is 6.80. The third-order valence-corrected chi connectivity index (χ3v) is 14.0. The standard InChI is InChI=1S/2C25H24BrNO3/c2*1-13-8-17-14(9-20-19(17)12-24(2,3)30-25(20,4)5)10-21(13)27-22(28)16-7-6-15(26)11-18(16)23(27)29/h2*6-8,10-12,20H,9H2,1-5H3/t2*20-/m00/s1. The van der Waals surface area contributed by atoms with Gasteiger partial charge in [-0.1, -0.05) is 31.9 Å². The van der Waals surface area contributed by atoms with Gasteiger partial charge in [-0.3, -0.25) is 19.2 Å². The molecule has 0 saturated heterocycles. The van der Waals surface area contributed by atoms with E-state index in [0.717, 1.165) is 32.9 Å². The lowest BCUT2D eigenvalue weighted by molar-refractivity contribution is -0.124. The number of amides is 4. The highest BCUT2D eigenvalue weighted by Gasteiger charge is 2.48. The smallest absolute Gasteiger partial charge is 0.266 e. The maximum absolute atomic E-state index is 13.1. The van der Waals surface area contributed by atoms with Crippen molar-refractivity contribution in [3.63, 3.8) is 0 Å². The second-order valence-corrected chi connectivity index (χ2v) is 21.0. The molecule has 0 aromatic heterocycles. The fourth-order valence-electron chi connectivity index (χ4n) is 10.6.